The summed E-state index contributed by atoms with van der Waals surface area (Å²) < 4.78 is 2.02. The van der Waals surface area contributed by atoms with Crippen LogP contribution in [0.5, 0.6) is 0 Å². The molecule has 27 heavy (non-hydrogen) atoms. The molecule has 0 saturated heterocycles. The SMILES string of the molecule is Cc1nc(NCc2cccnc2-n2cnc3ccccc32)cc(C(C)C)n1. The normalized spacial score (nSPS) is 11.3. The molecule has 0 bridgehead atoms. The summed E-state index contributed by atoms with van der Waals surface area (Å²) in [6, 6.07) is 14.1. The van der Waals surface area contributed by atoms with Gasteiger partial charge >= 0.3 is 0 Å². The number of imidazole rings is 1. The van der Waals surface area contributed by atoms with Gasteiger partial charge in [0.05, 0.1) is 11.0 Å². The number of nitrogens with one attached hydrogen (secondary N) is 1. The van der Waals surface area contributed by atoms with Crippen LogP contribution < -0.4 is 5.32 Å². The van der Waals surface area contributed by atoms with Gasteiger partial charge in [0, 0.05) is 30.1 Å². The minimum absolute atomic E-state index is 0.360. The third-order valence-electron chi connectivity index (χ3n) is 4.46. The molecule has 0 spiro atoms. The van der Waals surface area contributed by atoms with E-state index in [4.69, 9.17) is 0 Å². The number of nitrogens with zero attached hydrogens (tertiary/aromatic N) is 5. The van der Waals surface area contributed by atoms with Gasteiger partial charge in [-0.1, -0.05) is 32.0 Å². The Kier molecular flexibility index (Phi) is 4.54. The van der Waals surface area contributed by atoms with Gasteiger partial charge in [-0.2, -0.15) is 0 Å². The molecule has 4 rings (SSSR count). The second-order valence-electron chi connectivity index (χ2n) is 6.82. The van der Waals surface area contributed by atoms with E-state index < -0.39 is 0 Å². The third-order valence-corrected chi connectivity index (χ3v) is 4.46. The first-order valence-electron chi connectivity index (χ1n) is 9.07. The molecule has 0 aliphatic carbocycles. The van der Waals surface area contributed by atoms with Crippen molar-refractivity contribution in [3.8, 4) is 5.82 Å². The van der Waals surface area contributed by atoms with Gasteiger partial charge in [0.25, 0.3) is 0 Å². The molecular formula is C21H22N6. The van der Waals surface area contributed by atoms with Crippen LogP contribution in [0.1, 0.15) is 36.8 Å². The molecule has 6 nitrogen and oxygen atoms in total. The van der Waals surface area contributed by atoms with Crippen molar-refractivity contribution < 1.29 is 0 Å². The molecule has 3 heterocycles. The standard InChI is InChI=1S/C21H22N6/c1-14(2)18-11-20(26-15(3)25-18)23-12-16-7-6-10-22-21(16)27-13-24-17-8-4-5-9-19(17)27/h4-11,13-14H,12H2,1-3H3,(H,23,25,26). The maximum absolute atomic E-state index is 4.60. The van der Waals surface area contributed by atoms with Crippen LogP contribution in [0, 0.1) is 6.92 Å². The third kappa shape index (κ3) is 3.51. The fourth-order valence-electron chi connectivity index (χ4n) is 3.08. The monoisotopic (exact) mass is 358 g/mol. The topological polar surface area (TPSA) is 68.5 Å². The molecule has 0 saturated carbocycles. The zero-order valence-corrected chi connectivity index (χ0v) is 15.7. The number of hydrogen-bond donors (Lipinski definition) is 1. The number of benzene rings is 1. The summed E-state index contributed by atoms with van der Waals surface area (Å²) >= 11 is 0. The van der Waals surface area contributed by atoms with E-state index in [0.29, 0.717) is 12.5 Å². The van der Waals surface area contributed by atoms with Crippen LogP contribution in [0.4, 0.5) is 5.82 Å². The van der Waals surface area contributed by atoms with Crippen LogP contribution in [0.2, 0.25) is 0 Å². The van der Waals surface area contributed by atoms with Crippen molar-refractivity contribution in [1.29, 1.82) is 0 Å². The van der Waals surface area contributed by atoms with Gasteiger partial charge in [0.2, 0.25) is 0 Å². The Bertz CT molecular complexity index is 1080. The lowest BCUT2D eigenvalue weighted by molar-refractivity contribution is 0.801. The van der Waals surface area contributed by atoms with Gasteiger partial charge in [-0.3, -0.25) is 4.57 Å². The summed E-state index contributed by atoms with van der Waals surface area (Å²) in [4.78, 5) is 18.1. The van der Waals surface area contributed by atoms with E-state index in [2.05, 4.69) is 51.2 Å². The molecule has 0 atom stereocenters. The number of aromatic nitrogens is 5. The summed E-state index contributed by atoms with van der Waals surface area (Å²) in [6.45, 7) is 6.80. The number of rotatable bonds is 5. The van der Waals surface area contributed by atoms with E-state index in [1.54, 1.807) is 6.20 Å². The number of anilines is 1. The zero-order chi connectivity index (χ0) is 18.8. The van der Waals surface area contributed by atoms with Crippen LogP contribution in [-0.2, 0) is 6.54 Å². The average Bonchev–Trinajstić information content (AvgIpc) is 3.10. The molecule has 0 aliphatic rings. The maximum atomic E-state index is 4.60. The van der Waals surface area contributed by atoms with Crippen molar-refractivity contribution in [2.45, 2.75) is 33.2 Å². The first kappa shape index (κ1) is 17.1. The molecule has 0 fully saturated rings. The highest BCUT2D eigenvalue weighted by atomic mass is 15.1. The largest absolute Gasteiger partial charge is 0.366 e. The van der Waals surface area contributed by atoms with Crippen molar-refractivity contribution in [3.63, 3.8) is 0 Å². The van der Waals surface area contributed by atoms with Crippen molar-refractivity contribution in [2.24, 2.45) is 0 Å². The van der Waals surface area contributed by atoms with Gasteiger partial charge in [-0.15, -0.1) is 0 Å². The highest BCUT2D eigenvalue weighted by molar-refractivity contribution is 5.77. The van der Waals surface area contributed by atoms with Crippen LogP contribution >= 0.6 is 0 Å². The fraction of sp³-hybridized carbons (Fsp3) is 0.238. The Morgan fingerprint density at radius 2 is 1.89 bits per heavy atom. The second kappa shape index (κ2) is 7.15. The summed E-state index contributed by atoms with van der Waals surface area (Å²) in [6.07, 6.45) is 3.63. The highest BCUT2D eigenvalue weighted by Gasteiger charge is 2.11. The molecule has 3 aromatic heterocycles. The van der Waals surface area contributed by atoms with Crippen LogP contribution in [-0.4, -0.2) is 24.5 Å². The number of aryl methyl sites for hydroxylation is 1. The molecule has 0 amide bonds. The molecule has 6 heteroatoms. The van der Waals surface area contributed by atoms with Gasteiger partial charge in [0.1, 0.15) is 23.8 Å². The molecule has 0 aliphatic heterocycles. The molecule has 0 radical (unpaired) electrons. The fourth-order valence-corrected chi connectivity index (χ4v) is 3.08. The predicted octanol–water partition coefficient (Wildman–Crippen LogP) is 4.25. The molecule has 1 N–H and O–H groups in total. The Balaban J connectivity index is 1.65. The van der Waals surface area contributed by atoms with E-state index in [-0.39, 0.29) is 0 Å². The summed E-state index contributed by atoms with van der Waals surface area (Å²) in [5.41, 5.74) is 4.10. The minimum Gasteiger partial charge on any atom is -0.366 e. The van der Waals surface area contributed by atoms with Crippen molar-refractivity contribution in [2.75, 3.05) is 5.32 Å². The van der Waals surface area contributed by atoms with Crippen LogP contribution in [0.3, 0.4) is 0 Å². The van der Waals surface area contributed by atoms with Crippen molar-refractivity contribution in [3.05, 3.63) is 72.1 Å². The number of para-hydroxylation sites is 2. The van der Waals surface area contributed by atoms with Crippen LogP contribution in [0.25, 0.3) is 16.9 Å². The van der Waals surface area contributed by atoms with Gasteiger partial charge in [0.15, 0.2) is 0 Å². The average molecular weight is 358 g/mol. The molecule has 1 aromatic carbocycles. The molecular weight excluding hydrogens is 336 g/mol. The van der Waals surface area contributed by atoms with E-state index in [1.165, 1.54) is 0 Å². The maximum Gasteiger partial charge on any atom is 0.143 e. The minimum atomic E-state index is 0.360. The summed E-state index contributed by atoms with van der Waals surface area (Å²) in [5, 5.41) is 3.42. The highest BCUT2D eigenvalue weighted by Crippen LogP contribution is 2.21. The number of pyridine rings is 1. The summed E-state index contributed by atoms with van der Waals surface area (Å²) in [5.74, 6) is 2.83. The van der Waals surface area contributed by atoms with E-state index in [1.807, 2.05) is 48.1 Å². The number of fused-ring (bicyclic) bond motifs is 1. The Labute approximate surface area is 158 Å². The second-order valence-corrected chi connectivity index (χ2v) is 6.82. The molecule has 4 aromatic rings. The number of hydrogen-bond acceptors (Lipinski definition) is 5. The molecule has 136 valence electrons. The van der Waals surface area contributed by atoms with Crippen molar-refractivity contribution >= 4 is 16.9 Å². The van der Waals surface area contributed by atoms with Gasteiger partial charge in [-0.05, 0) is 31.0 Å². The van der Waals surface area contributed by atoms with Gasteiger partial charge < -0.3 is 5.32 Å². The first-order valence-corrected chi connectivity index (χ1v) is 9.07. The summed E-state index contributed by atoms with van der Waals surface area (Å²) in [7, 11) is 0. The lowest BCUT2D eigenvalue weighted by Crippen LogP contribution is -2.09. The smallest absolute Gasteiger partial charge is 0.143 e. The van der Waals surface area contributed by atoms with E-state index in [0.717, 1.165) is 39.8 Å². The quantitative estimate of drug-likeness (QED) is 0.577. The Morgan fingerprint density at radius 3 is 2.74 bits per heavy atom. The van der Waals surface area contributed by atoms with E-state index in [9.17, 15) is 0 Å². The lowest BCUT2D eigenvalue weighted by Gasteiger charge is -2.13. The first-order chi connectivity index (χ1) is 13.1. The Hall–Kier alpha value is -3.28. The zero-order valence-electron chi connectivity index (χ0n) is 15.7. The van der Waals surface area contributed by atoms with Crippen molar-refractivity contribution in [1.82, 2.24) is 24.5 Å². The lowest BCUT2D eigenvalue weighted by atomic mass is 10.1. The van der Waals surface area contributed by atoms with Crippen LogP contribution in [0.15, 0.2) is 55.0 Å². The van der Waals surface area contributed by atoms with E-state index >= 15 is 0 Å². The molecule has 0 unspecified atom stereocenters. The van der Waals surface area contributed by atoms with Gasteiger partial charge in [-0.25, -0.2) is 19.9 Å². The predicted molar refractivity (Wildman–Crippen MR) is 107 cm³/mol. The Morgan fingerprint density at radius 1 is 1.04 bits per heavy atom.